The first-order valence-corrected chi connectivity index (χ1v) is 2.71. The van der Waals surface area contributed by atoms with Crippen molar-refractivity contribution in [2.45, 2.75) is 19.3 Å². The Morgan fingerprint density at radius 3 is 1.57 bits per heavy atom. The molecular weight excluding hydrogens is 90.1 g/mol. The average Bonchev–Trinajstić information content (AvgIpc) is 1.72. The van der Waals surface area contributed by atoms with E-state index in [9.17, 15) is 0 Å². The Bertz CT molecular complexity index is 23.6. The highest BCUT2D eigenvalue weighted by Crippen LogP contribution is 1.96. The van der Waals surface area contributed by atoms with Crippen molar-refractivity contribution in [1.82, 2.24) is 5.32 Å². The van der Waals surface area contributed by atoms with Gasteiger partial charge in [0.25, 0.3) is 0 Å². The quantitative estimate of drug-likeness (QED) is 0.461. The van der Waals surface area contributed by atoms with Gasteiger partial charge in [0, 0.05) is 0 Å². The average molecular weight is 102 g/mol. The van der Waals surface area contributed by atoms with E-state index in [0.29, 0.717) is 0 Å². The van der Waals surface area contributed by atoms with Gasteiger partial charge in [-0.05, 0) is 25.9 Å². The van der Waals surface area contributed by atoms with Gasteiger partial charge in [-0.15, -0.1) is 0 Å². The fourth-order valence-corrected chi connectivity index (χ4v) is 0.802. The Kier molecular flexibility index (Phi) is 4.04. The molecule has 0 aliphatic carbocycles. The Labute approximate surface area is 44.2 Å². The first-order valence-electron chi connectivity index (χ1n) is 2.71. The summed E-state index contributed by atoms with van der Waals surface area (Å²) in [5, 5.41) is 3.28. The molecular formula is C5H12NO. The molecule has 0 amide bonds. The van der Waals surface area contributed by atoms with Crippen LogP contribution in [0.5, 0.6) is 0 Å². The molecule has 1 heterocycles. The van der Waals surface area contributed by atoms with Crippen LogP contribution >= 0.6 is 0 Å². The number of piperidine rings is 1. The van der Waals surface area contributed by atoms with Crippen LogP contribution in [0.25, 0.3) is 0 Å². The zero-order valence-corrected chi connectivity index (χ0v) is 4.48. The van der Waals surface area contributed by atoms with E-state index in [2.05, 4.69) is 5.32 Å². The molecule has 0 saturated carbocycles. The van der Waals surface area contributed by atoms with Gasteiger partial charge in [-0.2, -0.15) is 0 Å². The van der Waals surface area contributed by atoms with E-state index in [-0.39, 0.29) is 5.48 Å². The molecule has 2 N–H and O–H groups in total. The molecule has 0 aromatic carbocycles. The fraction of sp³-hybridized carbons (Fsp3) is 1.00. The van der Waals surface area contributed by atoms with E-state index < -0.39 is 0 Å². The third-order valence-electron chi connectivity index (χ3n) is 1.21. The van der Waals surface area contributed by atoms with Crippen molar-refractivity contribution in [3.05, 3.63) is 0 Å². The smallest absolute Gasteiger partial charge is 0.00489 e. The maximum absolute atomic E-state index is 3.28. The summed E-state index contributed by atoms with van der Waals surface area (Å²) in [6, 6.07) is 0. The van der Waals surface area contributed by atoms with Crippen LogP contribution in [0.4, 0.5) is 0 Å². The van der Waals surface area contributed by atoms with Gasteiger partial charge in [-0.25, -0.2) is 0 Å². The van der Waals surface area contributed by atoms with Gasteiger partial charge in [0.1, 0.15) is 0 Å². The molecule has 1 radical (unpaired) electrons. The lowest BCUT2D eigenvalue weighted by Gasteiger charge is -2.08. The van der Waals surface area contributed by atoms with E-state index in [0.717, 1.165) is 0 Å². The number of hydrogen-bond donors (Lipinski definition) is 2. The summed E-state index contributed by atoms with van der Waals surface area (Å²) in [6.45, 7) is 2.50. The summed E-state index contributed by atoms with van der Waals surface area (Å²) in [4.78, 5) is 0. The normalized spacial score (nSPS) is 20.6. The van der Waals surface area contributed by atoms with Crippen molar-refractivity contribution in [1.29, 1.82) is 0 Å². The second-order valence-corrected chi connectivity index (χ2v) is 1.81. The van der Waals surface area contributed by atoms with Gasteiger partial charge >= 0.3 is 0 Å². The summed E-state index contributed by atoms with van der Waals surface area (Å²) < 4.78 is 0. The molecule has 7 heavy (non-hydrogen) atoms. The zero-order chi connectivity index (χ0) is 4.24. The third-order valence-corrected chi connectivity index (χ3v) is 1.21. The maximum Gasteiger partial charge on any atom is -0.00489 e. The molecule has 0 aromatic heterocycles. The number of rotatable bonds is 0. The minimum atomic E-state index is 0. The SMILES string of the molecule is C1CCNCC1.[OH]. The molecule has 0 unspecified atom stereocenters. The van der Waals surface area contributed by atoms with Crippen LogP contribution in [0.15, 0.2) is 0 Å². The van der Waals surface area contributed by atoms with E-state index in [1.165, 1.54) is 32.4 Å². The summed E-state index contributed by atoms with van der Waals surface area (Å²) in [5.74, 6) is 0. The molecule has 1 aliphatic heterocycles. The molecule has 1 fully saturated rings. The van der Waals surface area contributed by atoms with Crippen molar-refractivity contribution in [3.63, 3.8) is 0 Å². The van der Waals surface area contributed by atoms with Gasteiger partial charge in [0.2, 0.25) is 0 Å². The molecule has 1 saturated heterocycles. The zero-order valence-electron chi connectivity index (χ0n) is 4.48. The minimum absolute atomic E-state index is 0. The predicted molar refractivity (Wildman–Crippen MR) is 28.7 cm³/mol. The fourth-order valence-electron chi connectivity index (χ4n) is 0.802. The summed E-state index contributed by atoms with van der Waals surface area (Å²) >= 11 is 0. The Balaban J connectivity index is 0.000000360. The van der Waals surface area contributed by atoms with Gasteiger partial charge in [-0.1, -0.05) is 6.42 Å². The predicted octanol–water partition coefficient (Wildman–Crippen LogP) is 0.583. The summed E-state index contributed by atoms with van der Waals surface area (Å²) in [6.07, 6.45) is 4.22. The van der Waals surface area contributed by atoms with Crippen LogP contribution in [0.2, 0.25) is 0 Å². The molecule has 43 valence electrons. The van der Waals surface area contributed by atoms with Crippen molar-refractivity contribution < 1.29 is 5.48 Å². The van der Waals surface area contributed by atoms with E-state index in [1.807, 2.05) is 0 Å². The number of hydrogen-bond acceptors (Lipinski definition) is 1. The van der Waals surface area contributed by atoms with Crippen LogP contribution in [0.3, 0.4) is 0 Å². The summed E-state index contributed by atoms with van der Waals surface area (Å²) in [7, 11) is 0. The van der Waals surface area contributed by atoms with Crippen LogP contribution in [0.1, 0.15) is 19.3 Å². The van der Waals surface area contributed by atoms with Gasteiger partial charge < -0.3 is 5.32 Å². The Hall–Kier alpha value is -0.0800. The van der Waals surface area contributed by atoms with Crippen molar-refractivity contribution in [2.24, 2.45) is 0 Å². The molecule has 1 rings (SSSR count). The van der Waals surface area contributed by atoms with Crippen molar-refractivity contribution in [3.8, 4) is 0 Å². The topological polar surface area (TPSA) is 42.0 Å². The first-order chi connectivity index (χ1) is 3.00. The second-order valence-electron chi connectivity index (χ2n) is 1.81. The second kappa shape index (κ2) is 4.09. The van der Waals surface area contributed by atoms with Crippen LogP contribution < -0.4 is 5.32 Å². The van der Waals surface area contributed by atoms with Crippen LogP contribution in [-0.4, -0.2) is 18.6 Å². The molecule has 0 bridgehead atoms. The molecule has 2 heteroatoms. The van der Waals surface area contributed by atoms with E-state index in [4.69, 9.17) is 0 Å². The number of nitrogens with one attached hydrogen (secondary N) is 1. The highest BCUT2D eigenvalue weighted by atomic mass is 16.0. The Morgan fingerprint density at radius 1 is 0.857 bits per heavy atom. The molecule has 2 nitrogen and oxygen atoms in total. The monoisotopic (exact) mass is 102 g/mol. The molecule has 0 atom stereocenters. The van der Waals surface area contributed by atoms with Gasteiger partial charge in [0.15, 0.2) is 0 Å². The largest absolute Gasteiger partial charge is 0.317 e. The van der Waals surface area contributed by atoms with Gasteiger partial charge in [0.05, 0.1) is 0 Å². The lowest BCUT2D eigenvalue weighted by atomic mass is 10.2. The third kappa shape index (κ3) is 2.60. The lowest BCUT2D eigenvalue weighted by Crippen LogP contribution is -2.21. The standard InChI is InChI=1S/C5H11N.HO/c1-2-4-6-5-3-1;/h6H,1-5H2;1H. The molecule has 1 aliphatic rings. The summed E-state index contributed by atoms with van der Waals surface area (Å²) in [5.41, 5.74) is 0. The van der Waals surface area contributed by atoms with Crippen LogP contribution in [0, 0.1) is 0 Å². The van der Waals surface area contributed by atoms with E-state index >= 15 is 0 Å². The lowest BCUT2D eigenvalue weighted by molar-refractivity contribution is 0.520. The maximum atomic E-state index is 3.28. The first kappa shape index (κ1) is 6.92. The molecule has 0 aromatic rings. The highest BCUT2D eigenvalue weighted by Gasteiger charge is 1.93. The van der Waals surface area contributed by atoms with E-state index in [1.54, 1.807) is 0 Å². The highest BCUT2D eigenvalue weighted by molar-refractivity contribution is 4.55. The van der Waals surface area contributed by atoms with Crippen molar-refractivity contribution in [2.75, 3.05) is 13.1 Å². The van der Waals surface area contributed by atoms with Gasteiger partial charge in [-0.3, -0.25) is 5.48 Å². The van der Waals surface area contributed by atoms with Crippen LogP contribution in [-0.2, 0) is 0 Å². The molecule has 0 spiro atoms. The Morgan fingerprint density at radius 2 is 1.43 bits per heavy atom. The van der Waals surface area contributed by atoms with Crippen molar-refractivity contribution >= 4 is 0 Å². The minimum Gasteiger partial charge on any atom is -0.317 e.